The second-order valence-corrected chi connectivity index (χ2v) is 10.1. The number of fused-ring (bicyclic) bond motifs is 2. The number of benzene rings is 3. The summed E-state index contributed by atoms with van der Waals surface area (Å²) in [4.78, 5) is 30.8. The Morgan fingerprint density at radius 3 is 2.40 bits per heavy atom. The van der Waals surface area contributed by atoms with E-state index in [9.17, 15) is 14.0 Å². The molecule has 10 heteroatoms. The van der Waals surface area contributed by atoms with Gasteiger partial charge in [-0.2, -0.15) is 0 Å². The average molecular weight is 572 g/mol. The van der Waals surface area contributed by atoms with Crippen LogP contribution >= 0.6 is 0 Å². The normalized spacial score (nSPS) is 13.4. The lowest BCUT2D eigenvalue weighted by atomic mass is 10.1. The van der Waals surface area contributed by atoms with Gasteiger partial charge in [0.1, 0.15) is 17.1 Å². The van der Waals surface area contributed by atoms with Gasteiger partial charge in [-0.3, -0.25) is 14.6 Å². The van der Waals surface area contributed by atoms with Crippen LogP contribution in [-0.2, 0) is 0 Å². The average Bonchev–Trinajstić information content (AvgIpc) is 3.53. The first kappa shape index (κ1) is 27.2. The van der Waals surface area contributed by atoms with Gasteiger partial charge in [-0.1, -0.05) is 12.8 Å². The number of halogens is 2. The van der Waals surface area contributed by atoms with Gasteiger partial charge in [0.25, 0.3) is 5.91 Å². The van der Waals surface area contributed by atoms with Crippen LogP contribution in [0.1, 0.15) is 42.1 Å². The molecule has 42 heavy (non-hydrogen) atoms. The highest BCUT2D eigenvalue weighted by Crippen LogP contribution is 2.38. The fraction of sp³-hybridized carbons (Fsp3) is 0.219. The molecule has 1 amide bonds. The number of hydrogen-bond acceptors (Lipinski definition) is 6. The molecule has 1 N–H and O–H groups in total. The summed E-state index contributed by atoms with van der Waals surface area (Å²) in [7, 11) is 3.03. The summed E-state index contributed by atoms with van der Waals surface area (Å²) < 4.78 is 47.8. The molecule has 3 aromatic carbocycles. The van der Waals surface area contributed by atoms with E-state index >= 15 is 4.39 Å². The van der Waals surface area contributed by atoms with Crippen LogP contribution in [0.4, 0.5) is 14.5 Å². The van der Waals surface area contributed by atoms with Gasteiger partial charge in [-0.15, -0.1) is 0 Å². The Morgan fingerprint density at radius 1 is 0.905 bits per heavy atom. The van der Waals surface area contributed by atoms with Gasteiger partial charge >= 0.3 is 0 Å². The minimum Gasteiger partial charge on any atom is -0.493 e. The van der Waals surface area contributed by atoms with E-state index in [0.717, 1.165) is 37.8 Å². The lowest BCUT2D eigenvalue weighted by Crippen LogP contribution is -2.25. The molecule has 6 rings (SSSR count). The third-order valence-electron chi connectivity index (χ3n) is 7.57. The monoisotopic (exact) mass is 571 g/mol. The van der Waals surface area contributed by atoms with Crippen LogP contribution in [0.15, 0.2) is 71.8 Å². The summed E-state index contributed by atoms with van der Waals surface area (Å²) in [6, 6.07) is 13.1. The van der Waals surface area contributed by atoms with Crippen LogP contribution in [0.2, 0.25) is 0 Å². The Hall–Kier alpha value is -4.99. The van der Waals surface area contributed by atoms with Gasteiger partial charge in [0, 0.05) is 47.0 Å². The molecule has 214 valence electrons. The first-order valence-corrected chi connectivity index (χ1v) is 13.5. The van der Waals surface area contributed by atoms with Gasteiger partial charge in [-0.05, 0) is 55.3 Å². The molecule has 0 spiro atoms. The number of nitrogens with zero attached hydrogens (tertiary/aromatic N) is 2. The fourth-order valence-electron chi connectivity index (χ4n) is 5.49. The van der Waals surface area contributed by atoms with E-state index in [-0.39, 0.29) is 28.4 Å². The van der Waals surface area contributed by atoms with Crippen molar-refractivity contribution in [3.63, 3.8) is 0 Å². The zero-order valence-corrected chi connectivity index (χ0v) is 22.9. The Labute approximate surface area is 239 Å². The number of rotatable bonds is 7. The van der Waals surface area contributed by atoms with Gasteiger partial charge in [0.2, 0.25) is 5.43 Å². The number of nitrogens with one attached hydrogen (secondary N) is 1. The predicted octanol–water partition coefficient (Wildman–Crippen LogP) is 7.00. The number of anilines is 1. The highest BCUT2D eigenvalue weighted by molar-refractivity contribution is 6.05. The Bertz CT molecular complexity index is 1900. The molecule has 5 aromatic rings. The van der Waals surface area contributed by atoms with E-state index in [1.54, 1.807) is 24.3 Å². The summed E-state index contributed by atoms with van der Waals surface area (Å²) in [6.45, 7) is 0. The lowest BCUT2D eigenvalue weighted by molar-refractivity contribution is 0.102. The zero-order chi connectivity index (χ0) is 29.4. The third kappa shape index (κ3) is 5.00. The van der Waals surface area contributed by atoms with Gasteiger partial charge in [-0.25, -0.2) is 8.78 Å². The summed E-state index contributed by atoms with van der Waals surface area (Å²) in [5, 5.41) is 3.31. The molecule has 0 radical (unpaired) electrons. The van der Waals surface area contributed by atoms with Crippen LogP contribution in [-0.4, -0.2) is 29.7 Å². The first-order valence-electron chi connectivity index (χ1n) is 13.5. The second kappa shape index (κ2) is 11.1. The molecule has 1 aliphatic rings. The van der Waals surface area contributed by atoms with E-state index in [0.29, 0.717) is 33.7 Å². The van der Waals surface area contributed by atoms with E-state index in [4.69, 9.17) is 14.2 Å². The number of hydrogen-bond donors (Lipinski definition) is 1. The van der Waals surface area contributed by atoms with Crippen molar-refractivity contribution in [2.75, 3.05) is 19.5 Å². The maximum absolute atomic E-state index is 15.2. The molecule has 2 heterocycles. The number of carbonyl (C=O) groups is 1. The molecule has 0 bridgehead atoms. The number of pyridine rings is 2. The number of ether oxygens (including phenoxy) is 3. The van der Waals surface area contributed by atoms with Crippen LogP contribution in [0.25, 0.3) is 21.8 Å². The molecule has 0 atom stereocenters. The topological polar surface area (TPSA) is 91.7 Å². The van der Waals surface area contributed by atoms with Gasteiger partial charge < -0.3 is 24.1 Å². The van der Waals surface area contributed by atoms with E-state index in [1.165, 1.54) is 44.8 Å². The fourth-order valence-corrected chi connectivity index (χ4v) is 5.49. The summed E-state index contributed by atoms with van der Waals surface area (Å²) in [5.41, 5.74) is 0.536. The van der Waals surface area contributed by atoms with E-state index < -0.39 is 23.0 Å². The first-order chi connectivity index (χ1) is 20.4. The lowest BCUT2D eigenvalue weighted by Gasteiger charge is -2.19. The Morgan fingerprint density at radius 2 is 1.67 bits per heavy atom. The SMILES string of the molecule is COc1cc2nccc(Oc3ccc(NC(=O)c4cn(C5CCCC5)c5ccc(F)cc5c4=O)cc3F)c2cc1OC. The van der Waals surface area contributed by atoms with Gasteiger partial charge in [0.15, 0.2) is 23.1 Å². The smallest absolute Gasteiger partial charge is 0.261 e. The molecule has 0 unspecified atom stereocenters. The molecule has 1 fully saturated rings. The molecule has 0 saturated heterocycles. The third-order valence-corrected chi connectivity index (χ3v) is 7.57. The minimum atomic E-state index is -0.734. The largest absolute Gasteiger partial charge is 0.493 e. The van der Waals surface area contributed by atoms with Crippen molar-refractivity contribution in [1.82, 2.24) is 9.55 Å². The number of methoxy groups -OCH3 is 2. The summed E-state index contributed by atoms with van der Waals surface area (Å²) in [5.74, 6) is -0.800. The predicted molar refractivity (Wildman–Crippen MR) is 155 cm³/mol. The maximum Gasteiger partial charge on any atom is 0.261 e. The number of aromatic nitrogens is 2. The van der Waals surface area contributed by atoms with Crippen LogP contribution < -0.4 is 25.0 Å². The van der Waals surface area contributed by atoms with Crippen LogP contribution in [0.3, 0.4) is 0 Å². The quantitative estimate of drug-likeness (QED) is 0.226. The van der Waals surface area contributed by atoms with E-state index in [1.807, 2.05) is 4.57 Å². The molecular weight excluding hydrogens is 544 g/mol. The second-order valence-electron chi connectivity index (χ2n) is 10.1. The Kier molecular flexibility index (Phi) is 7.20. The van der Waals surface area contributed by atoms with Crippen LogP contribution in [0, 0.1) is 11.6 Å². The standard InChI is InChI=1S/C32H27F2N3O5/c1-40-29-15-21-25(16-30(29)41-2)35-12-11-27(21)42-28-10-8-19(14-24(28)34)36-32(39)23-17-37(20-5-3-4-6-20)26-9-7-18(33)13-22(26)31(23)38/h7-17,20H,3-6H2,1-2H3,(H,36,39). The molecule has 8 nitrogen and oxygen atoms in total. The summed E-state index contributed by atoms with van der Waals surface area (Å²) in [6.07, 6.45) is 6.92. The van der Waals surface area contributed by atoms with Crippen molar-refractivity contribution in [2.24, 2.45) is 0 Å². The van der Waals surface area contributed by atoms with Gasteiger partial charge in [0.05, 0.1) is 25.3 Å². The van der Waals surface area contributed by atoms with Crippen molar-refractivity contribution in [1.29, 1.82) is 0 Å². The van der Waals surface area contributed by atoms with Crippen molar-refractivity contribution >= 4 is 33.4 Å². The maximum atomic E-state index is 15.2. The summed E-state index contributed by atoms with van der Waals surface area (Å²) >= 11 is 0. The van der Waals surface area contributed by atoms with Crippen molar-refractivity contribution < 1.29 is 27.8 Å². The number of amides is 1. The molecule has 1 aliphatic carbocycles. The highest BCUT2D eigenvalue weighted by atomic mass is 19.1. The van der Waals surface area contributed by atoms with Crippen molar-refractivity contribution in [3.8, 4) is 23.0 Å². The molecule has 1 saturated carbocycles. The zero-order valence-electron chi connectivity index (χ0n) is 22.9. The van der Waals surface area contributed by atoms with E-state index in [2.05, 4.69) is 10.3 Å². The molecule has 2 aromatic heterocycles. The van der Waals surface area contributed by atoms with Crippen LogP contribution in [0.5, 0.6) is 23.0 Å². The van der Waals surface area contributed by atoms with Crippen molar-refractivity contribution in [3.05, 3.63) is 94.4 Å². The number of carbonyl (C=O) groups excluding carboxylic acids is 1. The minimum absolute atomic E-state index is 0.0833. The van der Waals surface area contributed by atoms with Crippen molar-refractivity contribution in [2.45, 2.75) is 31.7 Å². The Balaban J connectivity index is 1.29. The molecular formula is C32H27F2N3O5. The highest BCUT2D eigenvalue weighted by Gasteiger charge is 2.23. The molecule has 0 aliphatic heterocycles.